The molecule has 2 aliphatic rings. The SMILES string of the molecule is CN1CCO[C@H](C(=O)N2CCC[C@@H](Nc3ccccc3)C2)C1. The molecule has 1 amide bonds. The second kappa shape index (κ2) is 7.11. The van der Waals surface area contributed by atoms with Gasteiger partial charge >= 0.3 is 0 Å². The van der Waals surface area contributed by atoms with Crippen molar-refractivity contribution in [1.29, 1.82) is 0 Å². The van der Waals surface area contributed by atoms with Crippen LogP contribution in [0.1, 0.15) is 12.8 Å². The van der Waals surface area contributed by atoms with E-state index in [1.807, 2.05) is 30.1 Å². The van der Waals surface area contributed by atoms with Crippen LogP contribution < -0.4 is 5.32 Å². The molecule has 0 bridgehead atoms. The van der Waals surface area contributed by atoms with E-state index in [1.54, 1.807) is 0 Å². The molecule has 2 fully saturated rings. The lowest BCUT2D eigenvalue weighted by atomic mass is 10.0. The summed E-state index contributed by atoms with van der Waals surface area (Å²) >= 11 is 0. The summed E-state index contributed by atoms with van der Waals surface area (Å²) in [5.74, 6) is 0.145. The van der Waals surface area contributed by atoms with Gasteiger partial charge in [-0.3, -0.25) is 4.79 Å². The van der Waals surface area contributed by atoms with Gasteiger partial charge in [-0.1, -0.05) is 18.2 Å². The van der Waals surface area contributed by atoms with Crippen LogP contribution in [0, 0.1) is 0 Å². The van der Waals surface area contributed by atoms with Crippen LogP contribution in [0.2, 0.25) is 0 Å². The molecule has 120 valence electrons. The highest BCUT2D eigenvalue weighted by Crippen LogP contribution is 2.18. The molecule has 0 spiro atoms. The standard InChI is InChI=1S/C17H25N3O2/c1-19-10-11-22-16(13-19)17(21)20-9-5-8-15(12-20)18-14-6-3-2-4-7-14/h2-4,6-7,15-16,18H,5,8-13H2,1H3/t15-,16+/m1/s1. The minimum atomic E-state index is -0.297. The molecule has 1 N–H and O–H groups in total. The molecule has 5 nitrogen and oxygen atoms in total. The second-order valence-corrected chi connectivity index (χ2v) is 6.26. The van der Waals surface area contributed by atoms with Crippen molar-refractivity contribution in [2.75, 3.05) is 45.2 Å². The molecule has 0 aromatic heterocycles. The number of para-hydroxylation sites is 1. The Balaban J connectivity index is 1.57. The van der Waals surface area contributed by atoms with Crippen LogP contribution in [-0.2, 0) is 9.53 Å². The highest BCUT2D eigenvalue weighted by molar-refractivity contribution is 5.81. The molecule has 1 aromatic carbocycles. The minimum Gasteiger partial charge on any atom is -0.381 e. The van der Waals surface area contributed by atoms with Crippen LogP contribution >= 0.6 is 0 Å². The summed E-state index contributed by atoms with van der Waals surface area (Å²) in [6.45, 7) is 3.85. The first-order valence-electron chi connectivity index (χ1n) is 8.13. The van der Waals surface area contributed by atoms with Crippen LogP contribution in [0.3, 0.4) is 0 Å². The van der Waals surface area contributed by atoms with Gasteiger partial charge in [-0.2, -0.15) is 0 Å². The lowest BCUT2D eigenvalue weighted by Crippen LogP contribution is -2.53. The maximum atomic E-state index is 12.6. The fourth-order valence-corrected chi connectivity index (χ4v) is 3.20. The van der Waals surface area contributed by atoms with E-state index >= 15 is 0 Å². The molecule has 1 aromatic rings. The molecule has 5 heteroatoms. The van der Waals surface area contributed by atoms with E-state index in [2.05, 4.69) is 22.3 Å². The number of amides is 1. The van der Waals surface area contributed by atoms with Crippen LogP contribution in [0.5, 0.6) is 0 Å². The van der Waals surface area contributed by atoms with Crippen LogP contribution in [0.15, 0.2) is 30.3 Å². The molecule has 0 saturated carbocycles. The Morgan fingerprint density at radius 3 is 2.82 bits per heavy atom. The fraction of sp³-hybridized carbons (Fsp3) is 0.588. The van der Waals surface area contributed by atoms with Crippen molar-refractivity contribution in [2.24, 2.45) is 0 Å². The number of carbonyl (C=O) groups is 1. The molecular formula is C17H25N3O2. The maximum Gasteiger partial charge on any atom is 0.253 e. The number of carbonyl (C=O) groups excluding carboxylic acids is 1. The summed E-state index contributed by atoms with van der Waals surface area (Å²) in [6, 6.07) is 10.5. The van der Waals surface area contributed by atoms with Crippen LogP contribution in [-0.4, -0.2) is 67.7 Å². The van der Waals surface area contributed by atoms with Crippen molar-refractivity contribution in [3.05, 3.63) is 30.3 Å². The number of hydrogen-bond donors (Lipinski definition) is 1. The van der Waals surface area contributed by atoms with Gasteiger partial charge in [0, 0.05) is 37.9 Å². The Bertz CT molecular complexity index is 494. The average Bonchev–Trinajstić information content (AvgIpc) is 2.55. The summed E-state index contributed by atoms with van der Waals surface area (Å²) in [4.78, 5) is 16.8. The lowest BCUT2D eigenvalue weighted by Gasteiger charge is -2.37. The first-order valence-corrected chi connectivity index (χ1v) is 8.13. The Morgan fingerprint density at radius 1 is 1.23 bits per heavy atom. The van der Waals surface area contributed by atoms with E-state index in [1.165, 1.54) is 0 Å². The van der Waals surface area contributed by atoms with E-state index < -0.39 is 0 Å². The Labute approximate surface area is 132 Å². The Morgan fingerprint density at radius 2 is 2.05 bits per heavy atom. The number of morpholine rings is 1. The molecule has 3 rings (SSSR count). The zero-order valence-corrected chi connectivity index (χ0v) is 13.2. The number of anilines is 1. The second-order valence-electron chi connectivity index (χ2n) is 6.26. The van der Waals surface area contributed by atoms with E-state index in [4.69, 9.17) is 4.74 Å². The van der Waals surface area contributed by atoms with Crippen LogP contribution in [0.4, 0.5) is 5.69 Å². The largest absolute Gasteiger partial charge is 0.381 e. The quantitative estimate of drug-likeness (QED) is 0.917. The molecule has 2 aliphatic heterocycles. The average molecular weight is 303 g/mol. The number of nitrogens with one attached hydrogen (secondary N) is 1. The van der Waals surface area contributed by atoms with E-state index in [0.29, 0.717) is 19.2 Å². The lowest BCUT2D eigenvalue weighted by molar-refractivity contribution is -0.149. The van der Waals surface area contributed by atoms with Crippen LogP contribution in [0.25, 0.3) is 0 Å². The van der Waals surface area contributed by atoms with Gasteiger partial charge in [0.2, 0.25) is 0 Å². The summed E-state index contributed by atoms with van der Waals surface area (Å²) in [6.07, 6.45) is 1.84. The number of likely N-dealkylation sites (tertiary alicyclic amines) is 1. The zero-order chi connectivity index (χ0) is 15.4. The molecule has 2 heterocycles. The Hall–Kier alpha value is -1.59. The molecule has 22 heavy (non-hydrogen) atoms. The molecule has 0 unspecified atom stereocenters. The normalized spacial score (nSPS) is 26.7. The molecular weight excluding hydrogens is 278 g/mol. The smallest absolute Gasteiger partial charge is 0.253 e. The first kappa shape index (κ1) is 15.3. The third kappa shape index (κ3) is 3.78. The summed E-state index contributed by atoms with van der Waals surface area (Å²) in [7, 11) is 2.04. The van der Waals surface area contributed by atoms with Crippen molar-refractivity contribution in [1.82, 2.24) is 9.80 Å². The monoisotopic (exact) mass is 303 g/mol. The third-order valence-electron chi connectivity index (χ3n) is 4.42. The number of nitrogens with zero attached hydrogens (tertiary/aromatic N) is 2. The van der Waals surface area contributed by atoms with E-state index in [0.717, 1.165) is 38.2 Å². The number of rotatable bonds is 3. The highest BCUT2D eigenvalue weighted by atomic mass is 16.5. The van der Waals surface area contributed by atoms with Gasteiger partial charge in [0.05, 0.1) is 6.61 Å². The molecule has 2 atom stereocenters. The minimum absolute atomic E-state index is 0.145. The van der Waals surface area contributed by atoms with Crippen molar-refractivity contribution in [2.45, 2.75) is 25.0 Å². The number of benzene rings is 1. The van der Waals surface area contributed by atoms with Gasteiger partial charge in [-0.15, -0.1) is 0 Å². The van der Waals surface area contributed by atoms with Crippen molar-refractivity contribution in [3.63, 3.8) is 0 Å². The highest BCUT2D eigenvalue weighted by Gasteiger charge is 2.31. The number of ether oxygens (including phenoxy) is 1. The van der Waals surface area contributed by atoms with Gasteiger partial charge < -0.3 is 19.9 Å². The van der Waals surface area contributed by atoms with Gasteiger partial charge in [-0.25, -0.2) is 0 Å². The fourth-order valence-electron chi connectivity index (χ4n) is 3.20. The summed E-state index contributed by atoms with van der Waals surface area (Å²) in [5.41, 5.74) is 1.12. The van der Waals surface area contributed by atoms with E-state index in [-0.39, 0.29) is 12.0 Å². The van der Waals surface area contributed by atoms with Gasteiger partial charge in [0.15, 0.2) is 0 Å². The predicted octanol–water partition coefficient (Wildman–Crippen LogP) is 1.42. The Kier molecular flexibility index (Phi) is 4.95. The van der Waals surface area contributed by atoms with Gasteiger partial charge in [0.25, 0.3) is 5.91 Å². The maximum absolute atomic E-state index is 12.6. The predicted molar refractivity (Wildman–Crippen MR) is 86.9 cm³/mol. The summed E-state index contributed by atoms with van der Waals surface area (Å²) in [5, 5.41) is 3.53. The van der Waals surface area contributed by atoms with Crippen molar-refractivity contribution < 1.29 is 9.53 Å². The van der Waals surface area contributed by atoms with E-state index in [9.17, 15) is 4.79 Å². The number of hydrogen-bond acceptors (Lipinski definition) is 4. The summed E-state index contributed by atoms with van der Waals surface area (Å²) < 4.78 is 5.66. The number of piperidine rings is 1. The molecule has 0 radical (unpaired) electrons. The van der Waals surface area contributed by atoms with Crippen molar-refractivity contribution >= 4 is 11.6 Å². The van der Waals surface area contributed by atoms with Crippen molar-refractivity contribution in [3.8, 4) is 0 Å². The zero-order valence-electron chi connectivity index (χ0n) is 13.2. The van der Waals surface area contributed by atoms with Gasteiger partial charge in [0.1, 0.15) is 6.10 Å². The van der Waals surface area contributed by atoms with Gasteiger partial charge in [-0.05, 0) is 32.0 Å². The molecule has 2 saturated heterocycles. The molecule has 0 aliphatic carbocycles. The third-order valence-corrected chi connectivity index (χ3v) is 4.42. The first-order chi connectivity index (χ1) is 10.7. The topological polar surface area (TPSA) is 44.8 Å². The number of likely N-dealkylation sites (N-methyl/N-ethyl adjacent to an activating group) is 1.